The first-order chi connectivity index (χ1) is 25.0. The minimum Gasteiger partial charge on any atom is -0.756 e. The number of carbonyl (C=O) groups is 1. The summed E-state index contributed by atoms with van der Waals surface area (Å²) in [5.41, 5.74) is -1.14. The van der Waals surface area contributed by atoms with Gasteiger partial charge in [0, 0.05) is 13.0 Å². The molecule has 0 saturated heterocycles. The van der Waals surface area contributed by atoms with Crippen LogP contribution in [0.3, 0.4) is 0 Å². The number of ether oxygens (including phenoxy) is 4. The quantitative estimate of drug-likeness (QED) is 0.0160. The Morgan fingerprint density at radius 3 is 1.71 bits per heavy atom. The van der Waals surface area contributed by atoms with Crippen LogP contribution in [0.2, 0.25) is 0 Å². The van der Waals surface area contributed by atoms with Crippen LogP contribution in [0.4, 0.5) is 0 Å². The van der Waals surface area contributed by atoms with Gasteiger partial charge in [0.2, 0.25) is 0 Å². The monoisotopic (exact) mass is 766 g/mol. The summed E-state index contributed by atoms with van der Waals surface area (Å²) in [6, 6.07) is 0. The summed E-state index contributed by atoms with van der Waals surface area (Å²) in [4.78, 5) is 23.9. The largest absolute Gasteiger partial charge is 0.756 e. The first-order valence-electron chi connectivity index (χ1n) is 20.6. The molecule has 0 saturated carbocycles. The molecule has 0 aromatic rings. The third-order valence-electron chi connectivity index (χ3n) is 9.27. The molecule has 0 aromatic heterocycles. The van der Waals surface area contributed by atoms with Crippen molar-refractivity contribution in [3.63, 3.8) is 0 Å². The Balaban J connectivity index is 4.46. The normalized spacial score (nSPS) is 14.3. The van der Waals surface area contributed by atoms with Crippen LogP contribution in [-0.2, 0) is 37.4 Å². The lowest BCUT2D eigenvalue weighted by atomic mass is 9.96. The second-order valence-corrected chi connectivity index (χ2v) is 16.7. The molecule has 0 fully saturated rings. The molecule has 12 heteroatoms. The van der Waals surface area contributed by atoms with Crippen molar-refractivity contribution < 1.29 is 51.8 Å². The standard InChI is InChI=1S/C40H80NO10P/c1-6-8-9-10-11-12-13-14-16-19-22-25-28-31-40(49-37-42,36-51-52(44,45)50-34-32-41(3,4)5)35-47-38-46-33-29-26-23-20-17-15-18-21-24-27-30-39(43)48-7-2/h7,42H,2,6,8-38H2,1,3-5H3. The van der Waals surface area contributed by atoms with Gasteiger partial charge in [0.25, 0.3) is 7.82 Å². The zero-order valence-corrected chi connectivity index (χ0v) is 34.8. The van der Waals surface area contributed by atoms with Gasteiger partial charge in [-0.1, -0.05) is 148 Å². The molecule has 0 aliphatic carbocycles. The molecule has 0 aliphatic rings. The Morgan fingerprint density at radius 2 is 1.21 bits per heavy atom. The molecule has 0 heterocycles. The molecular weight excluding hydrogens is 685 g/mol. The van der Waals surface area contributed by atoms with Crippen molar-refractivity contribution in [2.45, 2.75) is 173 Å². The van der Waals surface area contributed by atoms with Gasteiger partial charge in [0.05, 0.1) is 40.6 Å². The van der Waals surface area contributed by atoms with Crippen molar-refractivity contribution >= 4 is 13.8 Å². The van der Waals surface area contributed by atoms with Crippen molar-refractivity contribution in [1.82, 2.24) is 0 Å². The predicted octanol–water partition coefficient (Wildman–Crippen LogP) is 9.35. The zero-order valence-electron chi connectivity index (χ0n) is 33.9. The van der Waals surface area contributed by atoms with Gasteiger partial charge in [-0.25, -0.2) is 0 Å². The fraction of sp³-hybridized carbons (Fsp3) is 0.925. The van der Waals surface area contributed by atoms with E-state index in [1.54, 1.807) is 0 Å². The number of quaternary nitrogens is 1. The van der Waals surface area contributed by atoms with Gasteiger partial charge < -0.3 is 42.5 Å². The number of aliphatic hydroxyl groups excluding tert-OH is 1. The van der Waals surface area contributed by atoms with Gasteiger partial charge in [0.15, 0.2) is 0 Å². The van der Waals surface area contributed by atoms with E-state index in [9.17, 15) is 19.4 Å². The number of esters is 1. The Morgan fingerprint density at radius 1 is 0.712 bits per heavy atom. The van der Waals surface area contributed by atoms with Crippen LogP contribution in [0.5, 0.6) is 0 Å². The van der Waals surface area contributed by atoms with Crippen LogP contribution in [0, 0.1) is 0 Å². The number of unbranched alkanes of at least 4 members (excludes halogenated alkanes) is 21. The number of aliphatic hydroxyl groups is 1. The first-order valence-corrected chi connectivity index (χ1v) is 22.1. The number of nitrogens with zero attached hydrogens (tertiary/aromatic N) is 1. The molecule has 0 rings (SSSR count). The Labute approximate surface area is 318 Å². The number of phosphoric ester groups is 1. The van der Waals surface area contributed by atoms with E-state index in [0.717, 1.165) is 57.8 Å². The molecule has 0 aromatic carbocycles. The van der Waals surface area contributed by atoms with Crippen LogP contribution >= 0.6 is 7.82 Å². The summed E-state index contributed by atoms with van der Waals surface area (Å²) < 4.78 is 45.6. The molecule has 0 aliphatic heterocycles. The second-order valence-electron chi connectivity index (χ2n) is 15.3. The van der Waals surface area contributed by atoms with Crippen LogP contribution in [0.25, 0.3) is 0 Å². The lowest BCUT2D eigenvalue weighted by molar-refractivity contribution is -0.870. The molecule has 2 unspecified atom stereocenters. The van der Waals surface area contributed by atoms with Crippen molar-refractivity contribution in [3.05, 3.63) is 12.8 Å². The summed E-state index contributed by atoms with van der Waals surface area (Å²) >= 11 is 0. The topological polar surface area (TPSA) is 133 Å². The third kappa shape index (κ3) is 34.9. The van der Waals surface area contributed by atoms with Gasteiger partial charge in [-0.15, -0.1) is 0 Å². The molecular formula is C40H80NO10P. The molecule has 2 atom stereocenters. The van der Waals surface area contributed by atoms with Crippen LogP contribution < -0.4 is 4.89 Å². The van der Waals surface area contributed by atoms with Gasteiger partial charge in [-0.2, -0.15) is 0 Å². The highest BCUT2D eigenvalue weighted by molar-refractivity contribution is 7.45. The highest BCUT2D eigenvalue weighted by atomic mass is 31.2. The highest BCUT2D eigenvalue weighted by Crippen LogP contribution is 2.40. The average Bonchev–Trinajstić information content (AvgIpc) is 3.08. The van der Waals surface area contributed by atoms with Gasteiger partial charge in [-0.05, 0) is 19.3 Å². The Hall–Kier alpha value is -0.880. The lowest BCUT2D eigenvalue weighted by Gasteiger charge is -2.35. The summed E-state index contributed by atoms with van der Waals surface area (Å²) in [6.07, 6.45) is 29.1. The first kappa shape index (κ1) is 51.1. The second kappa shape index (κ2) is 34.6. The number of rotatable bonds is 41. The Bertz CT molecular complexity index is 872. The minimum absolute atomic E-state index is 0.0127. The van der Waals surface area contributed by atoms with Crippen LogP contribution in [0.15, 0.2) is 12.8 Å². The summed E-state index contributed by atoms with van der Waals surface area (Å²) in [6.45, 7) is 5.94. The maximum absolute atomic E-state index is 12.6. The van der Waals surface area contributed by atoms with E-state index >= 15 is 0 Å². The smallest absolute Gasteiger partial charge is 0.310 e. The SMILES string of the molecule is C=COC(=O)CCCCCCCCCCCCOCOCC(CCCCCCCCCCCCCCC)(COP(=O)([O-])OCC[N+](C)(C)C)OCO. The highest BCUT2D eigenvalue weighted by Gasteiger charge is 2.34. The molecule has 310 valence electrons. The average molecular weight is 766 g/mol. The lowest BCUT2D eigenvalue weighted by Crippen LogP contribution is -2.44. The molecule has 0 radical (unpaired) electrons. The fourth-order valence-corrected chi connectivity index (χ4v) is 6.76. The van der Waals surface area contributed by atoms with E-state index < -0.39 is 20.2 Å². The van der Waals surface area contributed by atoms with Crippen LogP contribution in [0.1, 0.15) is 167 Å². The van der Waals surface area contributed by atoms with Gasteiger partial charge in [0.1, 0.15) is 32.3 Å². The summed E-state index contributed by atoms with van der Waals surface area (Å²) in [5, 5.41) is 9.76. The Kier molecular flexibility index (Phi) is 34.0. The third-order valence-corrected chi connectivity index (χ3v) is 10.2. The maximum Gasteiger partial charge on any atom is 0.310 e. The van der Waals surface area contributed by atoms with E-state index in [0.29, 0.717) is 30.5 Å². The van der Waals surface area contributed by atoms with Crippen molar-refractivity contribution in [3.8, 4) is 0 Å². The van der Waals surface area contributed by atoms with Crippen LogP contribution in [-0.4, -0.2) is 88.9 Å². The van der Waals surface area contributed by atoms with Gasteiger partial charge >= 0.3 is 5.97 Å². The van der Waals surface area contributed by atoms with Crippen molar-refractivity contribution in [2.75, 3.05) is 67.7 Å². The summed E-state index contributed by atoms with van der Waals surface area (Å²) in [5.74, 6) is -0.204. The molecule has 11 nitrogen and oxygen atoms in total. The van der Waals surface area contributed by atoms with Gasteiger partial charge in [-0.3, -0.25) is 9.36 Å². The van der Waals surface area contributed by atoms with E-state index in [4.69, 9.17) is 28.0 Å². The van der Waals surface area contributed by atoms with Crippen molar-refractivity contribution in [2.24, 2.45) is 0 Å². The number of phosphoric acid groups is 1. The summed E-state index contributed by atoms with van der Waals surface area (Å²) in [7, 11) is 1.29. The maximum atomic E-state index is 12.6. The van der Waals surface area contributed by atoms with Crippen molar-refractivity contribution in [1.29, 1.82) is 0 Å². The number of hydrogen-bond acceptors (Lipinski definition) is 10. The number of hydrogen-bond donors (Lipinski definition) is 1. The van der Waals surface area contributed by atoms with E-state index in [2.05, 4.69) is 13.5 Å². The molecule has 1 N–H and O–H groups in total. The molecule has 0 bridgehead atoms. The van der Waals surface area contributed by atoms with E-state index in [-0.39, 0.29) is 32.6 Å². The number of carbonyl (C=O) groups excluding carboxylic acids is 1. The number of likely N-dealkylation sites (N-methyl/N-ethyl adjacent to an activating group) is 1. The predicted molar refractivity (Wildman–Crippen MR) is 207 cm³/mol. The van der Waals surface area contributed by atoms with E-state index in [1.165, 1.54) is 96.2 Å². The van der Waals surface area contributed by atoms with E-state index in [1.807, 2.05) is 21.1 Å². The molecule has 0 amide bonds. The zero-order chi connectivity index (χ0) is 38.7. The molecule has 0 spiro atoms. The molecule has 52 heavy (non-hydrogen) atoms. The fourth-order valence-electron chi connectivity index (χ4n) is 5.99. The minimum atomic E-state index is -4.58.